The molecule has 0 atom stereocenters. The molecule has 2 nitrogen and oxygen atoms in total. The van der Waals surface area contributed by atoms with Crippen LogP contribution in [0.15, 0.2) is 16.6 Å². The van der Waals surface area contributed by atoms with E-state index in [2.05, 4.69) is 35.1 Å². The maximum absolute atomic E-state index is 14.0. The zero-order chi connectivity index (χ0) is 13.5. The van der Waals surface area contributed by atoms with Crippen molar-refractivity contribution in [1.82, 2.24) is 0 Å². The summed E-state index contributed by atoms with van der Waals surface area (Å²) >= 11 is 3.12. The molecular formula is C14H18BrFN2. The summed E-state index contributed by atoms with van der Waals surface area (Å²) < 4.78 is 14.3. The van der Waals surface area contributed by atoms with Gasteiger partial charge in [-0.25, -0.2) is 4.39 Å². The molecule has 0 bridgehead atoms. The molecule has 0 fully saturated rings. The molecule has 1 aromatic rings. The minimum absolute atomic E-state index is 0.238. The summed E-state index contributed by atoms with van der Waals surface area (Å²) in [5.74, 6) is -0.383. The van der Waals surface area contributed by atoms with E-state index in [4.69, 9.17) is 5.26 Å². The van der Waals surface area contributed by atoms with Crippen molar-refractivity contribution in [2.45, 2.75) is 45.6 Å². The number of hydrogen-bond donors (Lipinski definition) is 1. The Morgan fingerprint density at radius 2 is 1.94 bits per heavy atom. The van der Waals surface area contributed by atoms with Crippen molar-refractivity contribution in [2.75, 3.05) is 5.32 Å². The van der Waals surface area contributed by atoms with Crippen LogP contribution in [0.5, 0.6) is 0 Å². The van der Waals surface area contributed by atoms with E-state index >= 15 is 0 Å². The zero-order valence-electron chi connectivity index (χ0n) is 10.8. The Kier molecular flexibility index (Phi) is 6.14. The van der Waals surface area contributed by atoms with Gasteiger partial charge < -0.3 is 5.32 Å². The molecule has 0 aliphatic carbocycles. The Morgan fingerprint density at radius 1 is 1.33 bits per heavy atom. The monoisotopic (exact) mass is 312 g/mol. The highest BCUT2D eigenvalue weighted by atomic mass is 79.9. The molecule has 0 heterocycles. The lowest BCUT2D eigenvalue weighted by atomic mass is 10.1. The van der Waals surface area contributed by atoms with Gasteiger partial charge in [-0.2, -0.15) is 5.26 Å². The number of anilines is 1. The molecular weight excluding hydrogens is 295 g/mol. The standard InChI is InChI=1S/C14H18BrFN2/c1-3-5-11(6-4-2)18-12-8-7-10(9-17)13(15)14(12)16/h7-8,11,18H,3-6H2,1-2H3. The lowest BCUT2D eigenvalue weighted by Gasteiger charge is -2.19. The van der Waals surface area contributed by atoms with E-state index in [1.807, 2.05) is 6.07 Å². The third-order valence-corrected chi connectivity index (χ3v) is 3.61. The molecule has 0 radical (unpaired) electrons. The van der Waals surface area contributed by atoms with E-state index in [0.717, 1.165) is 25.7 Å². The van der Waals surface area contributed by atoms with Crippen LogP contribution in [0.4, 0.5) is 10.1 Å². The second kappa shape index (κ2) is 7.38. The van der Waals surface area contributed by atoms with Gasteiger partial charge in [-0.05, 0) is 40.9 Å². The first-order valence-corrected chi connectivity index (χ1v) is 7.07. The second-order valence-corrected chi connectivity index (χ2v) is 5.11. The number of benzene rings is 1. The van der Waals surface area contributed by atoms with Gasteiger partial charge >= 0.3 is 0 Å². The molecule has 0 spiro atoms. The van der Waals surface area contributed by atoms with Gasteiger partial charge in [0, 0.05) is 6.04 Å². The third kappa shape index (κ3) is 3.71. The number of nitrogens with one attached hydrogen (secondary N) is 1. The molecule has 18 heavy (non-hydrogen) atoms. The average molecular weight is 313 g/mol. The molecule has 0 unspecified atom stereocenters. The molecule has 0 amide bonds. The van der Waals surface area contributed by atoms with Crippen LogP contribution in [0.2, 0.25) is 0 Å². The fourth-order valence-electron chi connectivity index (χ4n) is 1.95. The predicted octanol–water partition coefficient (Wildman–Crippen LogP) is 4.84. The van der Waals surface area contributed by atoms with Crippen molar-refractivity contribution in [1.29, 1.82) is 5.26 Å². The first kappa shape index (κ1) is 15.0. The largest absolute Gasteiger partial charge is 0.380 e. The van der Waals surface area contributed by atoms with E-state index in [1.165, 1.54) is 0 Å². The van der Waals surface area contributed by atoms with Gasteiger partial charge in [0.05, 0.1) is 15.7 Å². The average Bonchev–Trinajstić information content (AvgIpc) is 2.36. The molecule has 0 aromatic heterocycles. The zero-order valence-corrected chi connectivity index (χ0v) is 12.3. The Hall–Kier alpha value is -1.08. The Balaban J connectivity index is 2.90. The van der Waals surface area contributed by atoms with Gasteiger partial charge in [0.15, 0.2) is 5.82 Å². The molecule has 1 rings (SSSR count). The van der Waals surface area contributed by atoms with Gasteiger partial charge in [0.1, 0.15) is 6.07 Å². The van der Waals surface area contributed by atoms with E-state index in [1.54, 1.807) is 12.1 Å². The fourth-order valence-corrected chi connectivity index (χ4v) is 2.39. The molecule has 4 heteroatoms. The highest BCUT2D eigenvalue weighted by Crippen LogP contribution is 2.27. The molecule has 1 aromatic carbocycles. The number of rotatable bonds is 6. The highest BCUT2D eigenvalue weighted by Gasteiger charge is 2.14. The molecule has 1 N–H and O–H groups in total. The first-order valence-electron chi connectivity index (χ1n) is 6.28. The van der Waals surface area contributed by atoms with Crippen LogP contribution < -0.4 is 5.32 Å². The maximum atomic E-state index is 14.0. The van der Waals surface area contributed by atoms with Crippen molar-refractivity contribution < 1.29 is 4.39 Å². The summed E-state index contributed by atoms with van der Waals surface area (Å²) in [5, 5.41) is 12.0. The van der Waals surface area contributed by atoms with E-state index in [9.17, 15) is 4.39 Å². The summed E-state index contributed by atoms with van der Waals surface area (Å²) in [6.45, 7) is 4.24. The van der Waals surface area contributed by atoms with Crippen LogP contribution >= 0.6 is 15.9 Å². The van der Waals surface area contributed by atoms with E-state index in [0.29, 0.717) is 11.3 Å². The fraction of sp³-hybridized carbons (Fsp3) is 0.500. The summed E-state index contributed by atoms with van der Waals surface area (Å²) in [4.78, 5) is 0. The molecule has 0 aliphatic rings. The molecule has 0 saturated carbocycles. The van der Waals surface area contributed by atoms with Crippen LogP contribution in [0.1, 0.15) is 45.1 Å². The predicted molar refractivity (Wildman–Crippen MR) is 76.0 cm³/mol. The van der Waals surface area contributed by atoms with Gasteiger partial charge in [-0.3, -0.25) is 0 Å². The van der Waals surface area contributed by atoms with Gasteiger partial charge in [0.2, 0.25) is 0 Å². The van der Waals surface area contributed by atoms with Crippen molar-refractivity contribution in [3.05, 3.63) is 28.0 Å². The Labute approximate surface area is 116 Å². The van der Waals surface area contributed by atoms with Crippen molar-refractivity contribution in [3.8, 4) is 6.07 Å². The smallest absolute Gasteiger partial charge is 0.161 e. The number of nitriles is 1. The second-order valence-electron chi connectivity index (χ2n) is 4.32. The van der Waals surface area contributed by atoms with Crippen LogP contribution in [0.3, 0.4) is 0 Å². The Bertz CT molecular complexity index is 434. The van der Waals surface area contributed by atoms with Crippen molar-refractivity contribution in [2.24, 2.45) is 0 Å². The van der Waals surface area contributed by atoms with Crippen LogP contribution in [0.25, 0.3) is 0 Å². The van der Waals surface area contributed by atoms with Crippen LogP contribution in [0, 0.1) is 17.1 Å². The summed E-state index contributed by atoms with van der Waals surface area (Å²) in [6, 6.07) is 5.50. The van der Waals surface area contributed by atoms with Gasteiger partial charge in [-0.15, -0.1) is 0 Å². The minimum atomic E-state index is -0.383. The van der Waals surface area contributed by atoms with Gasteiger partial charge in [0.25, 0.3) is 0 Å². The first-order chi connectivity index (χ1) is 8.63. The maximum Gasteiger partial charge on any atom is 0.161 e. The third-order valence-electron chi connectivity index (χ3n) is 2.84. The summed E-state index contributed by atoms with van der Waals surface area (Å²) in [7, 11) is 0. The highest BCUT2D eigenvalue weighted by molar-refractivity contribution is 9.10. The molecule has 0 saturated heterocycles. The van der Waals surface area contributed by atoms with Gasteiger partial charge in [-0.1, -0.05) is 26.7 Å². The number of nitrogens with zero attached hydrogens (tertiary/aromatic N) is 1. The SMILES string of the molecule is CCCC(CCC)Nc1ccc(C#N)c(Br)c1F. The topological polar surface area (TPSA) is 35.8 Å². The summed E-state index contributed by atoms with van der Waals surface area (Å²) in [6.07, 6.45) is 4.17. The minimum Gasteiger partial charge on any atom is -0.380 e. The normalized spacial score (nSPS) is 10.4. The molecule has 98 valence electrons. The Morgan fingerprint density at radius 3 is 2.44 bits per heavy atom. The number of hydrogen-bond acceptors (Lipinski definition) is 2. The van der Waals surface area contributed by atoms with Crippen LogP contribution in [-0.2, 0) is 0 Å². The van der Waals surface area contributed by atoms with E-state index < -0.39 is 0 Å². The lowest BCUT2D eigenvalue weighted by Crippen LogP contribution is -2.19. The summed E-state index contributed by atoms with van der Waals surface area (Å²) in [5.41, 5.74) is 0.786. The molecule has 0 aliphatic heterocycles. The van der Waals surface area contributed by atoms with Crippen molar-refractivity contribution in [3.63, 3.8) is 0 Å². The number of halogens is 2. The van der Waals surface area contributed by atoms with E-state index in [-0.39, 0.29) is 16.3 Å². The van der Waals surface area contributed by atoms with Crippen LogP contribution in [-0.4, -0.2) is 6.04 Å². The lowest BCUT2D eigenvalue weighted by molar-refractivity contribution is 0.573. The van der Waals surface area contributed by atoms with Crippen molar-refractivity contribution >= 4 is 21.6 Å². The quantitative estimate of drug-likeness (QED) is 0.815.